The van der Waals surface area contributed by atoms with Crippen molar-refractivity contribution in [3.8, 4) is 0 Å². The minimum absolute atomic E-state index is 0.127. The number of Topliss-reactive ketones (excluding diaryl/α,β-unsaturated/α-hetero) is 1. The van der Waals surface area contributed by atoms with Crippen molar-refractivity contribution < 1.29 is 4.79 Å². The molecule has 0 aliphatic carbocycles. The molecule has 6 heteroatoms. The van der Waals surface area contributed by atoms with Gasteiger partial charge in [-0.1, -0.05) is 46.9 Å². The van der Waals surface area contributed by atoms with Gasteiger partial charge in [-0.15, -0.1) is 16.8 Å². The van der Waals surface area contributed by atoms with Crippen molar-refractivity contribution in [2.45, 2.75) is 30.4 Å². The zero-order chi connectivity index (χ0) is 16.1. The van der Waals surface area contributed by atoms with Crippen LogP contribution in [0.3, 0.4) is 0 Å². The topological polar surface area (TPSA) is 54.9 Å². The predicted octanol–water partition coefficient (Wildman–Crippen LogP) is 4.12. The van der Waals surface area contributed by atoms with E-state index in [1.54, 1.807) is 6.08 Å². The van der Waals surface area contributed by atoms with Crippen LogP contribution in [0.4, 0.5) is 5.13 Å². The van der Waals surface area contributed by atoms with E-state index in [0.29, 0.717) is 6.54 Å². The van der Waals surface area contributed by atoms with E-state index in [1.807, 2.05) is 39.0 Å². The molecule has 1 aromatic carbocycles. The second-order valence-corrected chi connectivity index (χ2v) is 7.55. The number of nitrogens with zero attached hydrogens (tertiary/aromatic N) is 2. The molecule has 0 spiro atoms. The van der Waals surface area contributed by atoms with E-state index < -0.39 is 0 Å². The number of ketones is 1. The maximum absolute atomic E-state index is 12.6. The van der Waals surface area contributed by atoms with E-state index >= 15 is 0 Å². The smallest absolute Gasteiger partial charge is 0.206 e. The highest BCUT2D eigenvalue weighted by Crippen LogP contribution is 2.30. The van der Waals surface area contributed by atoms with Gasteiger partial charge >= 0.3 is 0 Å². The molecule has 116 valence electrons. The normalized spacial score (nSPS) is 12.0. The number of anilines is 1. The lowest BCUT2D eigenvalue weighted by atomic mass is 10.0. The Kier molecular flexibility index (Phi) is 5.74. The molecule has 1 atom stereocenters. The summed E-state index contributed by atoms with van der Waals surface area (Å²) in [5, 5.41) is 11.8. The van der Waals surface area contributed by atoms with Crippen LogP contribution in [0.25, 0.3) is 0 Å². The van der Waals surface area contributed by atoms with Crippen LogP contribution in [0, 0.1) is 13.8 Å². The van der Waals surface area contributed by atoms with Gasteiger partial charge in [-0.25, -0.2) is 0 Å². The van der Waals surface area contributed by atoms with E-state index in [0.717, 1.165) is 26.2 Å². The van der Waals surface area contributed by atoms with Crippen LogP contribution in [0.15, 0.2) is 35.2 Å². The molecule has 0 fully saturated rings. The van der Waals surface area contributed by atoms with E-state index in [9.17, 15) is 4.79 Å². The van der Waals surface area contributed by atoms with Gasteiger partial charge in [0.2, 0.25) is 5.13 Å². The molecule has 1 N–H and O–H groups in total. The highest BCUT2D eigenvalue weighted by atomic mass is 32.2. The highest BCUT2D eigenvalue weighted by Gasteiger charge is 2.20. The lowest BCUT2D eigenvalue weighted by molar-refractivity contribution is 0.0993. The number of nitrogens with one attached hydrogen (secondary N) is 1. The molecule has 22 heavy (non-hydrogen) atoms. The standard InChI is InChI=1S/C16H19N3OS2/c1-5-8-17-15-18-19-16(22-15)21-12(4)14(20)13-9-10(2)6-7-11(13)3/h5-7,9,12H,1,8H2,2-4H3,(H,17,18)/t12-/m1/s1. The third-order valence-electron chi connectivity index (χ3n) is 3.11. The fourth-order valence-electron chi connectivity index (χ4n) is 1.91. The summed E-state index contributed by atoms with van der Waals surface area (Å²) in [6.45, 7) is 10.2. The van der Waals surface area contributed by atoms with Crippen molar-refractivity contribution in [2.75, 3.05) is 11.9 Å². The maximum atomic E-state index is 12.6. The van der Waals surface area contributed by atoms with Gasteiger partial charge in [0, 0.05) is 12.1 Å². The largest absolute Gasteiger partial charge is 0.357 e. The maximum Gasteiger partial charge on any atom is 0.206 e. The minimum Gasteiger partial charge on any atom is -0.357 e. The lowest BCUT2D eigenvalue weighted by Gasteiger charge is -2.11. The van der Waals surface area contributed by atoms with Crippen molar-refractivity contribution in [1.82, 2.24) is 10.2 Å². The van der Waals surface area contributed by atoms with Crippen molar-refractivity contribution in [1.29, 1.82) is 0 Å². The van der Waals surface area contributed by atoms with Crippen molar-refractivity contribution in [2.24, 2.45) is 0 Å². The Hall–Kier alpha value is -1.66. The van der Waals surface area contributed by atoms with E-state index in [2.05, 4.69) is 22.1 Å². The number of benzene rings is 1. The molecular formula is C16H19N3OS2. The quantitative estimate of drug-likeness (QED) is 0.469. The van der Waals surface area contributed by atoms with Crippen LogP contribution >= 0.6 is 23.1 Å². The zero-order valence-corrected chi connectivity index (χ0v) is 14.6. The Bertz CT molecular complexity index is 682. The third kappa shape index (κ3) is 4.18. The monoisotopic (exact) mass is 333 g/mol. The fraction of sp³-hybridized carbons (Fsp3) is 0.312. The van der Waals surface area contributed by atoms with Gasteiger partial charge < -0.3 is 5.32 Å². The first-order chi connectivity index (χ1) is 10.5. The summed E-state index contributed by atoms with van der Waals surface area (Å²) in [4.78, 5) is 12.6. The van der Waals surface area contributed by atoms with Crippen LogP contribution in [0.5, 0.6) is 0 Å². The van der Waals surface area contributed by atoms with E-state index in [1.165, 1.54) is 23.1 Å². The first-order valence-electron chi connectivity index (χ1n) is 6.97. The third-order valence-corrected chi connectivity index (χ3v) is 5.17. The SMILES string of the molecule is C=CCNc1nnc(S[C@H](C)C(=O)c2cc(C)ccc2C)s1. The van der Waals surface area contributed by atoms with Gasteiger partial charge in [0.15, 0.2) is 10.1 Å². The van der Waals surface area contributed by atoms with Crippen LogP contribution in [0.1, 0.15) is 28.4 Å². The molecule has 1 heterocycles. The molecule has 2 rings (SSSR count). The summed E-state index contributed by atoms with van der Waals surface area (Å²) >= 11 is 2.90. The average Bonchev–Trinajstić information content (AvgIpc) is 2.94. The Morgan fingerprint density at radius 1 is 1.45 bits per heavy atom. The molecule has 0 unspecified atom stereocenters. The second-order valence-electron chi connectivity index (χ2n) is 4.99. The van der Waals surface area contributed by atoms with Gasteiger partial charge in [0.25, 0.3) is 0 Å². The molecule has 0 bridgehead atoms. The summed E-state index contributed by atoms with van der Waals surface area (Å²) in [5.74, 6) is 0.127. The van der Waals surface area contributed by atoms with Gasteiger partial charge in [-0.2, -0.15) is 0 Å². The van der Waals surface area contributed by atoms with Gasteiger partial charge in [-0.3, -0.25) is 4.79 Å². The molecule has 0 radical (unpaired) electrons. The van der Waals surface area contributed by atoms with Crippen LogP contribution in [0.2, 0.25) is 0 Å². The molecule has 0 saturated heterocycles. The summed E-state index contributed by atoms with van der Waals surface area (Å²) in [5.41, 5.74) is 2.89. The number of aryl methyl sites for hydroxylation is 2. The molecule has 2 aromatic rings. The van der Waals surface area contributed by atoms with Crippen molar-refractivity contribution in [3.63, 3.8) is 0 Å². The van der Waals surface area contributed by atoms with Crippen LogP contribution in [-0.4, -0.2) is 27.8 Å². The summed E-state index contributed by atoms with van der Waals surface area (Å²) < 4.78 is 0.790. The second kappa shape index (κ2) is 7.56. The molecule has 0 aliphatic heterocycles. The molecule has 1 aromatic heterocycles. The molecule has 4 nitrogen and oxygen atoms in total. The minimum atomic E-state index is -0.194. The molecule has 0 amide bonds. The highest BCUT2D eigenvalue weighted by molar-refractivity contribution is 8.02. The van der Waals surface area contributed by atoms with Gasteiger partial charge in [0.05, 0.1) is 5.25 Å². The van der Waals surface area contributed by atoms with Crippen LogP contribution in [-0.2, 0) is 0 Å². The number of carbonyl (C=O) groups excluding carboxylic acids is 1. The van der Waals surface area contributed by atoms with Crippen LogP contribution < -0.4 is 5.32 Å². The summed E-state index contributed by atoms with van der Waals surface area (Å²) in [6.07, 6.45) is 1.76. The number of aromatic nitrogens is 2. The predicted molar refractivity (Wildman–Crippen MR) is 94.2 cm³/mol. The number of rotatable bonds is 7. The molecular weight excluding hydrogens is 314 g/mol. The number of carbonyl (C=O) groups is 1. The first-order valence-corrected chi connectivity index (χ1v) is 8.67. The Morgan fingerprint density at radius 2 is 2.23 bits per heavy atom. The van der Waals surface area contributed by atoms with Crippen molar-refractivity contribution in [3.05, 3.63) is 47.5 Å². The first kappa shape index (κ1) is 16.7. The molecule has 0 saturated carbocycles. The van der Waals surface area contributed by atoms with Gasteiger partial charge in [-0.05, 0) is 32.4 Å². The van der Waals surface area contributed by atoms with Gasteiger partial charge in [0.1, 0.15) is 0 Å². The Morgan fingerprint density at radius 3 is 2.95 bits per heavy atom. The van der Waals surface area contributed by atoms with E-state index in [-0.39, 0.29) is 11.0 Å². The molecule has 0 aliphatic rings. The number of hydrogen-bond acceptors (Lipinski definition) is 6. The summed E-state index contributed by atoms with van der Waals surface area (Å²) in [7, 11) is 0. The number of thioether (sulfide) groups is 1. The fourth-order valence-corrected chi connectivity index (χ4v) is 3.88. The van der Waals surface area contributed by atoms with Crippen molar-refractivity contribution >= 4 is 34.0 Å². The Balaban J connectivity index is 2.06. The zero-order valence-electron chi connectivity index (χ0n) is 12.9. The summed E-state index contributed by atoms with van der Waals surface area (Å²) in [6, 6.07) is 5.96. The lowest BCUT2D eigenvalue weighted by Crippen LogP contribution is -2.15. The average molecular weight is 333 g/mol. The Labute approximate surface area is 139 Å². The van der Waals surface area contributed by atoms with E-state index in [4.69, 9.17) is 0 Å². The number of hydrogen-bond donors (Lipinski definition) is 1.